The van der Waals surface area contributed by atoms with Gasteiger partial charge in [-0.15, -0.1) is 0 Å². The topological polar surface area (TPSA) is 79.4 Å². The molecule has 0 radical (unpaired) electrons. The maximum atomic E-state index is 13.0. The molecule has 1 heterocycles. The number of methoxy groups -OCH3 is 2. The van der Waals surface area contributed by atoms with E-state index >= 15 is 0 Å². The maximum Gasteiger partial charge on any atom is 0.243 e. The third-order valence-corrected chi connectivity index (χ3v) is 6.48. The van der Waals surface area contributed by atoms with Gasteiger partial charge in [-0.1, -0.05) is 6.07 Å². The second kappa shape index (κ2) is 9.47. The van der Waals surface area contributed by atoms with Gasteiger partial charge >= 0.3 is 0 Å². The van der Waals surface area contributed by atoms with Crippen LogP contribution in [0, 0.1) is 6.92 Å². The van der Waals surface area contributed by atoms with Gasteiger partial charge in [0.25, 0.3) is 0 Å². The minimum atomic E-state index is -3.68. The first-order chi connectivity index (χ1) is 14.7. The largest absolute Gasteiger partial charge is 0.497 e. The van der Waals surface area contributed by atoms with Crippen molar-refractivity contribution in [1.29, 1.82) is 0 Å². The van der Waals surface area contributed by atoms with Crippen LogP contribution in [-0.2, 0) is 14.8 Å². The Morgan fingerprint density at radius 1 is 1.00 bits per heavy atom. The molecule has 0 atom stereocenters. The molecule has 2 aromatic rings. The average molecular weight is 448 g/mol. The van der Waals surface area contributed by atoms with Crippen molar-refractivity contribution in [2.24, 2.45) is 0 Å². The lowest BCUT2D eigenvalue weighted by Crippen LogP contribution is -2.52. The molecule has 1 fully saturated rings. The number of sulfonamides is 1. The second-order valence-electron chi connectivity index (χ2n) is 7.51. The minimum Gasteiger partial charge on any atom is -0.497 e. The molecule has 0 N–H and O–H groups in total. The summed E-state index contributed by atoms with van der Waals surface area (Å²) < 4.78 is 36.7. The van der Waals surface area contributed by atoms with Gasteiger partial charge in [0.05, 0.1) is 26.2 Å². The van der Waals surface area contributed by atoms with Crippen LogP contribution in [0.4, 0.5) is 11.4 Å². The van der Waals surface area contributed by atoms with E-state index in [9.17, 15) is 13.2 Å². The Bertz CT molecular complexity index is 1020. The van der Waals surface area contributed by atoms with Gasteiger partial charge in [-0.2, -0.15) is 0 Å². The number of hydrogen-bond acceptors (Lipinski definition) is 6. The molecule has 0 bridgehead atoms. The molecule has 0 aliphatic carbocycles. The number of hydrogen-bond donors (Lipinski definition) is 0. The number of anilines is 2. The molecular weight excluding hydrogens is 418 g/mol. The zero-order valence-electron chi connectivity index (χ0n) is 18.4. The van der Waals surface area contributed by atoms with Gasteiger partial charge in [0, 0.05) is 31.9 Å². The van der Waals surface area contributed by atoms with Crippen LogP contribution in [0.3, 0.4) is 0 Å². The predicted molar refractivity (Wildman–Crippen MR) is 122 cm³/mol. The third-order valence-electron chi connectivity index (χ3n) is 5.35. The Balaban J connectivity index is 1.70. The van der Waals surface area contributed by atoms with E-state index < -0.39 is 10.0 Å². The Morgan fingerprint density at radius 3 is 2.19 bits per heavy atom. The SMILES string of the molecule is COc1ccc(N2CCN(C(=O)CN(c3cc(C)ccc3OC)S(C)(=O)=O)CC2)cc1. The van der Waals surface area contributed by atoms with Crippen molar-refractivity contribution in [3.05, 3.63) is 48.0 Å². The number of ether oxygens (including phenoxy) is 2. The number of nitrogens with zero attached hydrogens (tertiary/aromatic N) is 3. The smallest absolute Gasteiger partial charge is 0.243 e. The van der Waals surface area contributed by atoms with E-state index in [1.165, 1.54) is 7.11 Å². The van der Waals surface area contributed by atoms with Crippen molar-refractivity contribution in [2.75, 3.05) is 62.4 Å². The van der Waals surface area contributed by atoms with Gasteiger partial charge < -0.3 is 19.3 Å². The summed E-state index contributed by atoms with van der Waals surface area (Å²) in [5.74, 6) is 0.974. The number of piperazine rings is 1. The van der Waals surface area contributed by atoms with Crippen molar-refractivity contribution in [1.82, 2.24) is 4.90 Å². The highest BCUT2D eigenvalue weighted by Gasteiger charge is 2.28. The molecule has 1 aliphatic rings. The lowest BCUT2D eigenvalue weighted by molar-refractivity contribution is -0.129. The van der Waals surface area contributed by atoms with Crippen molar-refractivity contribution in [3.8, 4) is 11.5 Å². The minimum absolute atomic E-state index is 0.233. The van der Waals surface area contributed by atoms with Gasteiger partial charge in [0.1, 0.15) is 18.0 Å². The number of carbonyl (C=O) groups is 1. The molecule has 0 unspecified atom stereocenters. The molecule has 0 saturated carbocycles. The second-order valence-corrected chi connectivity index (χ2v) is 9.42. The number of aryl methyl sites for hydroxylation is 1. The summed E-state index contributed by atoms with van der Waals surface area (Å²) in [4.78, 5) is 16.9. The fraction of sp³-hybridized carbons (Fsp3) is 0.409. The summed E-state index contributed by atoms with van der Waals surface area (Å²) in [6, 6.07) is 13.1. The number of benzene rings is 2. The zero-order chi connectivity index (χ0) is 22.6. The van der Waals surface area contributed by atoms with Gasteiger partial charge in [0.2, 0.25) is 15.9 Å². The first-order valence-electron chi connectivity index (χ1n) is 10.0. The van der Waals surface area contributed by atoms with Crippen molar-refractivity contribution < 1.29 is 22.7 Å². The Morgan fingerprint density at radius 2 is 1.65 bits per heavy atom. The van der Waals surface area contributed by atoms with Crippen LogP contribution in [0.1, 0.15) is 5.56 Å². The number of rotatable bonds is 7. The molecule has 3 rings (SSSR count). The van der Waals surface area contributed by atoms with E-state index in [1.807, 2.05) is 37.3 Å². The zero-order valence-corrected chi connectivity index (χ0v) is 19.2. The lowest BCUT2D eigenvalue weighted by atomic mass is 10.2. The quantitative estimate of drug-likeness (QED) is 0.647. The van der Waals surface area contributed by atoms with Gasteiger partial charge in [0.15, 0.2) is 0 Å². The molecule has 1 aliphatic heterocycles. The summed E-state index contributed by atoms with van der Waals surface area (Å²) >= 11 is 0. The summed E-state index contributed by atoms with van der Waals surface area (Å²) in [7, 11) is -0.566. The van der Waals surface area contributed by atoms with E-state index in [4.69, 9.17) is 9.47 Å². The number of amides is 1. The molecule has 0 spiro atoms. The van der Waals surface area contributed by atoms with Crippen LogP contribution in [0.5, 0.6) is 11.5 Å². The summed E-state index contributed by atoms with van der Waals surface area (Å²) in [5, 5.41) is 0. The molecule has 2 aromatic carbocycles. The van der Waals surface area contributed by atoms with Crippen molar-refractivity contribution in [2.45, 2.75) is 6.92 Å². The van der Waals surface area contributed by atoms with E-state index in [-0.39, 0.29) is 12.5 Å². The van der Waals surface area contributed by atoms with E-state index in [2.05, 4.69) is 4.90 Å². The van der Waals surface area contributed by atoms with Crippen LogP contribution in [0.2, 0.25) is 0 Å². The highest BCUT2D eigenvalue weighted by molar-refractivity contribution is 7.92. The standard InChI is InChI=1S/C22H29N3O5S/c1-17-5-10-21(30-3)20(15-17)25(31(4,27)28)16-22(26)24-13-11-23(12-14-24)18-6-8-19(29-2)9-7-18/h5-10,15H,11-14,16H2,1-4H3. The van der Waals surface area contributed by atoms with E-state index in [1.54, 1.807) is 24.1 Å². The molecule has 8 nitrogen and oxygen atoms in total. The summed E-state index contributed by atoms with van der Waals surface area (Å²) in [6.45, 7) is 3.99. The third kappa shape index (κ3) is 5.41. The molecule has 1 saturated heterocycles. The predicted octanol–water partition coefficient (Wildman–Crippen LogP) is 2.13. The molecule has 9 heteroatoms. The Kier molecular flexibility index (Phi) is 6.94. The van der Waals surface area contributed by atoms with Gasteiger partial charge in [-0.05, 0) is 48.9 Å². The van der Waals surface area contributed by atoms with Crippen molar-refractivity contribution in [3.63, 3.8) is 0 Å². The monoisotopic (exact) mass is 447 g/mol. The van der Waals surface area contributed by atoms with E-state index in [0.717, 1.165) is 27.6 Å². The lowest BCUT2D eigenvalue weighted by Gasteiger charge is -2.37. The first-order valence-corrected chi connectivity index (χ1v) is 11.9. The normalized spacial score (nSPS) is 14.3. The fourth-order valence-electron chi connectivity index (χ4n) is 3.61. The molecule has 1 amide bonds. The van der Waals surface area contributed by atoms with E-state index in [0.29, 0.717) is 37.6 Å². The highest BCUT2D eigenvalue weighted by Crippen LogP contribution is 2.31. The van der Waals surface area contributed by atoms with Crippen LogP contribution in [0.25, 0.3) is 0 Å². The summed E-state index contributed by atoms with van der Waals surface area (Å²) in [5.41, 5.74) is 2.32. The number of carbonyl (C=O) groups excluding carboxylic acids is 1. The van der Waals surface area contributed by atoms with Gasteiger partial charge in [-0.25, -0.2) is 8.42 Å². The maximum absolute atomic E-state index is 13.0. The first kappa shape index (κ1) is 22.7. The fourth-order valence-corrected chi connectivity index (χ4v) is 4.45. The highest BCUT2D eigenvalue weighted by atomic mass is 32.2. The van der Waals surface area contributed by atoms with Crippen LogP contribution < -0.4 is 18.7 Å². The van der Waals surface area contributed by atoms with Crippen molar-refractivity contribution >= 4 is 27.3 Å². The Labute approximate surface area is 184 Å². The van der Waals surface area contributed by atoms with Gasteiger partial charge in [-0.3, -0.25) is 9.10 Å². The molecule has 31 heavy (non-hydrogen) atoms. The van der Waals surface area contributed by atoms with Crippen LogP contribution >= 0.6 is 0 Å². The van der Waals surface area contributed by atoms with Crippen LogP contribution in [-0.4, -0.2) is 72.4 Å². The average Bonchev–Trinajstić information content (AvgIpc) is 2.76. The molecule has 168 valence electrons. The molecular formula is C22H29N3O5S. The van der Waals surface area contributed by atoms with Crippen LogP contribution in [0.15, 0.2) is 42.5 Å². The summed E-state index contributed by atoms with van der Waals surface area (Å²) in [6.07, 6.45) is 1.10. The molecule has 0 aromatic heterocycles. The Hall–Kier alpha value is -2.94.